The van der Waals surface area contributed by atoms with Crippen molar-refractivity contribution in [3.8, 4) is 23.0 Å². The predicted molar refractivity (Wildman–Crippen MR) is 237 cm³/mol. The van der Waals surface area contributed by atoms with Crippen LogP contribution >= 0.6 is 34.9 Å². The van der Waals surface area contributed by atoms with Crippen molar-refractivity contribution in [2.24, 2.45) is 10.1 Å². The van der Waals surface area contributed by atoms with Crippen LogP contribution in [0.25, 0.3) is 0 Å². The minimum absolute atomic E-state index is 0.0503. The van der Waals surface area contributed by atoms with E-state index in [-0.39, 0.29) is 45.2 Å². The Morgan fingerprint density at radius 3 is 2.44 bits per heavy atom. The van der Waals surface area contributed by atoms with E-state index in [0.717, 1.165) is 46.6 Å². The Morgan fingerprint density at radius 1 is 1.06 bits per heavy atom. The molecule has 25 nitrogen and oxygen atoms in total. The number of aliphatic imine (C=N–C) groups is 1. The molecule has 0 bridgehead atoms. The normalized spacial score (nSPS) is 18.3. The summed E-state index contributed by atoms with van der Waals surface area (Å²) in [7, 11) is -4.12. The molecule has 0 saturated carbocycles. The molecule has 0 spiro atoms. The number of thioether (sulfide) groups is 2. The molecule has 7 rings (SSSR count). The molecule has 12 N–H and O–H groups in total. The van der Waals surface area contributed by atoms with Crippen LogP contribution in [0.2, 0.25) is 0 Å². The molecule has 0 aliphatic carbocycles. The molecule has 1 fully saturated rings. The van der Waals surface area contributed by atoms with Crippen molar-refractivity contribution in [2.45, 2.75) is 42.7 Å². The zero-order valence-corrected chi connectivity index (χ0v) is 37.6. The van der Waals surface area contributed by atoms with Crippen LogP contribution in [0, 0.1) is 0 Å². The number of carbonyl (C=O) groups excluding carboxylic acids is 4. The van der Waals surface area contributed by atoms with Crippen molar-refractivity contribution in [2.75, 3.05) is 23.9 Å². The van der Waals surface area contributed by atoms with Crippen molar-refractivity contribution in [1.29, 1.82) is 0 Å². The molecule has 1 aromatic heterocycles. The highest BCUT2D eigenvalue weighted by atomic mass is 32.2. The third kappa shape index (κ3) is 9.79. The van der Waals surface area contributed by atoms with Gasteiger partial charge in [0.2, 0.25) is 15.6 Å². The fourth-order valence-corrected chi connectivity index (χ4v) is 10.3. The third-order valence-corrected chi connectivity index (χ3v) is 14.1. The third-order valence-electron chi connectivity index (χ3n) is 9.60. The number of nitrogens with one attached hydrogen (secondary N) is 5. The van der Waals surface area contributed by atoms with Gasteiger partial charge >= 0.3 is 5.97 Å². The molecule has 4 amide bonds. The first-order valence-electron chi connectivity index (χ1n) is 18.9. The van der Waals surface area contributed by atoms with Gasteiger partial charge in [0.05, 0.1) is 22.8 Å². The molecule has 4 aliphatic heterocycles. The Labute approximate surface area is 385 Å². The summed E-state index contributed by atoms with van der Waals surface area (Å²) in [6, 6.07) is 5.09. The second-order valence-corrected chi connectivity index (χ2v) is 19.5. The molecule has 29 heteroatoms. The fourth-order valence-electron chi connectivity index (χ4n) is 6.17. The van der Waals surface area contributed by atoms with Gasteiger partial charge in [-0.25, -0.2) is 28.2 Å². The molecule has 66 heavy (non-hydrogen) atoms. The number of hydrogen-bond acceptors (Lipinski definition) is 22. The number of benzene rings is 2. The van der Waals surface area contributed by atoms with Crippen LogP contribution in [-0.4, -0.2) is 130 Å². The summed E-state index contributed by atoms with van der Waals surface area (Å²) in [5.74, 6) is -6.35. The SMILES string of the molecule is CC1=NC2=CN(CNS(=O)(=O)c3ccc(O)c(O)c3)NN2C(SCC2=C(C(=O)O)N3C(=O)[C@@H](NC(=O)C(=NOC(C)(C)C(=O)NNC(=O)c4ccc(O)c(O)c4)c4csc(N)n4)[C@H]3SC2)=C1. The molecule has 0 radical (unpaired) electrons. The Kier molecular flexibility index (Phi) is 13.1. The number of nitrogens with zero attached hydrogens (tertiary/aromatic N) is 6. The monoisotopic (exact) mass is 986 g/mol. The lowest BCUT2D eigenvalue weighted by Gasteiger charge is -2.49. The summed E-state index contributed by atoms with van der Waals surface area (Å²) in [4.78, 5) is 80.5. The average Bonchev–Trinajstić information content (AvgIpc) is 3.89. The van der Waals surface area contributed by atoms with Gasteiger partial charge in [0.25, 0.3) is 23.6 Å². The van der Waals surface area contributed by atoms with Crippen LogP contribution in [0.3, 0.4) is 0 Å². The maximum atomic E-state index is 13.8. The lowest BCUT2D eigenvalue weighted by molar-refractivity contribution is -0.150. The molecular formula is C37H38N12O13S4. The minimum Gasteiger partial charge on any atom is -0.504 e. The van der Waals surface area contributed by atoms with E-state index in [0.29, 0.717) is 22.1 Å². The number of fused-ring (bicyclic) bond motifs is 2. The number of aromatic nitrogens is 1. The number of oxime groups is 1. The van der Waals surface area contributed by atoms with Gasteiger partial charge in [-0.05, 0) is 62.8 Å². The summed E-state index contributed by atoms with van der Waals surface area (Å²) in [6.07, 6.45) is 3.25. The number of aliphatic carboxylic acids is 1. The number of allylic oxidation sites excluding steroid dienone is 1. The molecule has 0 unspecified atom stereocenters. The number of β-lactam (4-membered cyclic amide) rings is 1. The van der Waals surface area contributed by atoms with E-state index in [1.807, 2.05) is 0 Å². The van der Waals surface area contributed by atoms with Gasteiger partial charge in [-0.1, -0.05) is 5.16 Å². The van der Waals surface area contributed by atoms with Crippen LogP contribution in [0.15, 0.2) is 91.2 Å². The van der Waals surface area contributed by atoms with Crippen molar-refractivity contribution in [1.82, 2.24) is 46.3 Å². The first-order valence-corrected chi connectivity index (χ1v) is 23.3. The maximum absolute atomic E-state index is 13.8. The first-order chi connectivity index (χ1) is 31.1. The largest absolute Gasteiger partial charge is 0.504 e. The highest BCUT2D eigenvalue weighted by molar-refractivity contribution is 8.03. The molecule has 4 aliphatic rings. The summed E-state index contributed by atoms with van der Waals surface area (Å²) in [5.41, 5.74) is 11.3. The molecule has 2 atom stereocenters. The molecule has 5 heterocycles. The topological polar surface area (TPSA) is 363 Å². The highest BCUT2D eigenvalue weighted by Gasteiger charge is 2.54. The number of nitrogens with two attached hydrogens (primary N) is 1. The second kappa shape index (κ2) is 18.4. The van der Waals surface area contributed by atoms with Crippen molar-refractivity contribution >= 4 is 91.0 Å². The predicted octanol–water partition coefficient (Wildman–Crippen LogP) is 0.0680. The summed E-state index contributed by atoms with van der Waals surface area (Å²) >= 11 is 3.38. The number of carboxylic acid groups (broad SMARTS) is 1. The Bertz CT molecular complexity index is 2830. The van der Waals surface area contributed by atoms with Crippen molar-refractivity contribution in [3.05, 3.63) is 87.4 Å². The van der Waals surface area contributed by atoms with Gasteiger partial charge in [-0.15, -0.1) is 40.4 Å². The lowest BCUT2D eigenvalue weighted by atomic mass is 10.0. The summed E-state index contributed by atoms with van der Waals surface area (Å²) in [5, 5.41) is 59.4. The number of anilines is 1. The number of carboxylic acids is 1. The molecule has 1 saturated heterocycles. The average molecular weight is 987 g/mol. The number of nitrogen functional groups attached to an aromatic ring is 1. The standard InChI is InChI=1S/C37H38N12O13S4/c1-16-8-26(49-25(40-16)11-47(46-49)15-39-66(60,61)19-5-7-22(51)24(53)10-19)63-12-18-13-64-33-28(32(56)48(33)29(18)34(57)58)42-31(55)27(20-14-65-36(38)41-20)45-62-37(2,3)35(59)44-43-30(54)17-4-6-21(50)23(52)9-17/h4-11,14,28,33,39,46,50-53H,12-13,15H2,1-3H3,(H2,38,41)(H,42,55)(H,43,54)(H,44,59)(H,57,58)/t28-,33-/m1/s1. The maximum Gasteiger partial charge on any atom is 0.352 e. The number of phenols is 4. The van der Waals surface area contributed by atoms with Crippen LogP contribution in [0.5, 0.6) is 23.0 Å². The molecule has 2 aromatic carbocycles. The highest BCUT2D eigenvalue weighted by Crippen LogP contribution is 2.42. The van der Waals surface area contributed by atoms with Crippen LogP contribution in [0.4, 0.5) is 5.13 Å². The van der Waals surface area contributed by atoms with Gasteiger partial charge in [-0.3, -0.25) is 39.9 Å². The number of carbonyl (C=O) groups is 5. The van der Waals surface area contributed by atoms with E-state index in [1.165, 1.54) is 60.0 Å². The van der Waals surface area contributed by atoms with Crippen LogP contribution in [-0.2, 0) is 34.0 Å². The Balaban J connectivity index is 0.984. The van der Waals surface area contributed by atoms with Gasteiger partial charge in [0.15, 0.2) is 39.7 Å². The first kappa shape index (κ1) is 46.9. The van der Waals surface area contributed by atoms with E-state index in [1.54, 1.807) is 18.0 Å². The number of phenolic OH excluding ortho intramolecular Hbond substituents is 4. The number of thiazole rings is 1. The molecule has 348 valence electrons. The number of aromatic hydroxyl groups is 4. The van der Waals surface area contributed by atoms with E-state index in [9.17, 15) is 57.9 Å². The summed E-state index contributed by atoms with van der Waals surface area (Å²) < 4.78 is 28.1. The van der Waals surface area contributed by atoms with Gasteiger partial charge in [0, 0.05) is 34.2 Å². The van der Waals surface area contributed by atoms with Crippen molar-refractivity contribution < 1.29 is 62.8 Å². The van der Waals surface area contributed by atoms with E-state index < -0.39 is 85.3 Å². The zero-order chi connectivity index (χ0) is 47.8. The number of hydrogen-bond donors (Lipinski definition) is 11. The quantitative estimate of drug-likeness (QED) is 0.0415. The van der Waals surface area contributed by atoms with Crippen molar-refractivity contribution in [3.63, 3.8) is 0 Å². The molecular weight excluding hydrogens is 949 g/mol. The number of amides is 4. The smallest absolute Gasteiger partial charge is 0.352 e. The van der Waals surface area contributed by atoms with Gasteiger partial charge < -0.3 is 41.4 Å². The van der Waals surface area contributed by atoms with Gasteiger partial charge in [-0.2, -0.15) is 4.72 Å². The van der Waals surface area contributed by atoms with Crippen LogP contribution < -0.4 is 32.2 Å². The Morgan fingerprint density at radius 2 is 1.77 bits per heavy atom. The zero-order valence-electron chi connectivity index (χ0n) is 34.4. The van der Waals surface area contributed by atoms with Crippen LogP contribution in [0.1, 0.15) is 36.8 Å². The minimum atomic E-state index is -4.12. The van der Waals surface area contributed by atoms with E-state index in [2.05, 4.69) is 41.6 Å². The van der Waals surface area contributed by atoms with Gasteiger partial charge in [0.1, 0.15) is 22.8 Å². The number of hydrazine groups is 3. The Hall–Kier alpha value is -7.05. The number of rotatable bonds is 15. The summed E-state index contributed by atoms with van der Waals surface area (Å²) in [6.45, 7) is 3.98. The lowest BCUT2D eigenvalue weighted by Crippen LogP contribution is -2.71. The number of sulfonamides is 1. The van der Waals surface area contributed by atoms with E-state index in [4.69, 9.17) is 10.6 Å². The molecule has 3 aromatic rings. The fraction of sp³-hybridized carbons (Fsp3) is 0.243. The second-order valence-electron chi connectivity index (χ2n) is 14.7. The van der Waals surface area contributed by atoms with E-state index >= 15 is 0 Å².